The molecule has 0 unspecified atom stereocenters. The summed E-state index contributed by atoms with van der Waals surface area (Å²) in [6.07, 6.45) is -0.957. The van der Waals surface area contributed by atoms with Gasteiger partial charge in [-0.15, -0.1) is 10.2 Å². The summed E-state index contributed by atoms with van der Waals surface area (Å²) >= 11 is 0. The van der Waals surface area contributed by atoms with Gasteiger partial charge in [-0.2, -0.15) is 0 Å². The Morgan fingerprint density at radius 2 is 1.60 bits per heavy atom. The van der Waals surface area contributed by atoms with Crippen molar-refractivity contribution >= 4 is 11.9 Å². The molecule has 2 aromatic rings. The molecule has 0 saturated heterocycles. The molecule has 0 aliphatic heterocycles. The third-order valence-electron chi connectivity index (χ3n) is 2.09. The van der Waals surface area contributed by atoms with Gasteiger partial charge in [-0.1, -0.05) is 30.3 Å². The molecule has 78 valence electrons. The summed E-state index contributed by atoms with van der Waals surface area (Å²) in [6.45, 7) is 0. The summed E-state index contributed by atoms with van der Waals surface area (Å²) in [5, 5.41) is 17.1. The van der Waals surface area contributed by atoms with Crippen molar-refractivity contribution in [3.63, 3.8) is 0 Å². The molecule has 1 aromatic carbocycles. The van der Waals surface area contributed by atoms with Gasteiger partial charge in [0, 0.05) is 5.56 Å². The number of hydrogen-bond acceptors (Lipinski definition) is 5. The first-order valence-corrected chi connectivity index (χ1v) is 4.39. The lowest BCUT2D eigenvalue weighted by atomic mass is 10.2. The molecular formula is C9H11N5O. The van der Waals surface area contributed by atoms with Crippen LogP contribution in [-0.2, 0) is 0 Å². The van der Waals surface area contributed by atoms with Gasteiger partial charge in [0.1, 0.15) is 0 Å². The third kappa shape index (κ3) is 1.62. The monoisotopic (exact) mass is 205 g/mol. The van der Waals surface area contributed by atoms with E-state index in [0.717, 1.165) is 0 Å². The normalized spacial score (nSPS) is 12.6. The van der Waals surface area contributed by atoms with E-state index in [1.807, 2.05) is 18.2 Å². The number of aliphatic hydroxyl groups is 1. The SMILES string of the molecule is Nc1nnc(N)n1[C@@H](O)c1ccccc1. The van der Waals surface area contributed by atoms with Gasteiger partial charge in [-0.05, 0) is 0 Å². The minimum atomic E-state index is -0.957. The largest absolute Gasteiger partial charge is 0.369 e. The van der Waals surface area contributed by atoms with Crippen LogP contribution in [0.15, 0.2) is 30.3 Å². The van der Waals surface area contributed by atoms with Gasteiger partial charge in [0.05, 0.1) is 0 Å². The second-order valence-electron chi connectivity index (χ2n) is 3.07. The van der Waals surface area contributed by atoms with Crippen molar-refractivity contribution in [3.05, 3.63) is 35.9 Å². The number of aromatic nitrogens is 3. The minimum Gasteiger partial charge on any atom is -0.369 e. The van der Waals surface area contributed by atoms with Crippen LogP contribution < -0.4 is 11.5 Å². The first-order valence-electron chi connectivity index (χ1n) is 4.39. The van der Waals surface area contributed by atoms with E-state index in [-0.39, 0.29) is 11.9 Å². The van der Waals surface area contributed by atoms with E-state index in [2.05, 4.69) is 10.2 Å². The predicted molar refractivity (Wildman–Crippen MR) is 55.6 cm³/mol. The van der Waals surface area contributed by atoms with Crippen molar-refractivity contribution in [1.82, 2.24) is 14.8 Å². The topological polar surface area (TPSA) is 103 Å². The van der Waals surface area contributed by atoms with Crippen LogP contribution >= 0.6 is 0 Å². The van der Waals surface area contributed by atoms with E-state index >= 15 is 0 Å². The number of hydrogen-bond donors (Lipinski definition) is 3. The molecule has 0 bridgehead atoms. The fraction of sp³-hybridized carbons (Fsp3) is 0.111. The van der Waals surface area contributed by atoms with E-state index in [4.69, 9.17) is 11.5 Å². The third-order valence-corrected chi connectivity index (χ3v) is 2.09. The molecule has 6 heteroatoms. The predicted octanol–water partition coefficient (Wildman–Crippen LogP) is -0.0183. The molecule has 6 nitrogen and oxygen atoms in total. The molecule has 1 aromatic heterocycles. The van der Waals surface area contributed by atoms with E-state index in [9.17, 15) is 5.11 Å². The number of nitrogens with zero attached hydrogens (tertiary/aromatic N) is 3. The van der Waals surface area contributed by atoms with Crippen molar-refractivity contribution in [2.24, 2.45) is 0 Å². The lowest BCUT2D eigenvalue weighted by Crippen LogP contribution is -2.15. The molecule has 0 aliphatic carbocycles. The number of benzene rings is 1. The van der Waals surface area contributed by atoms with Gasteiger partial charge in [-0.25, -0.2) is 4.57 Å². The summed E-state index contributed by atoms with van der Waals surface area (Å²) < 4.78 is 1.26. The van der Waals surface area contributed by atoms with Gasteiger partial charge in [0.2, 0.25) is 11.9 Å². The molecule has 0 aliphatic rings. The van der Waals surface area contributed by atoms with Crippen molar-refractivity contribution in [3.8, 4) is 0 Å². The van der Waals surface area contributed by atoms with Gasteiger partial charge < -0.3 is 16.6 Å². The summed E-state index contributed by atoms with van der Waals surface area (Å²) in [4.78, 5) is 0. The van der Waals surface area contributed by atoms with Crippen LogP contribution in [-0.4, -0.2) is 19.9 Å². The quantitative estimate of drug-likeness (QED) is 0.639. The van der Waals surface area contributed by atoms with Crippen LogP contribution in [0.5, 0.6) is 0 Å². The highest BCUT2D eigenvalue weighted by molar-refractivity contribution is 5.32. The van der Waals surface area contributed by atoms with Crippen LogP contribution in [0.2, 0.25) is 0 Å². The van der Waals surface area contributed by atoms with Crippen LogP contribution in [0.3, 0.4) is 0 Å². The average molecular weight is 205 g/mol. The van der Waals surface area contributed by atoms with E-state index in [1.165, 1.54) is 4.57 Å². The van der Waals surface area contributed by atoms with Crippen molar-refractivity contribution in [2.45, 2.75) is 6.23 Å². The Morgan fingerprint density at radius 1 is 1.07 bits per heavy atom. The average Bonchev–Trinajstić information content (AvgIpc) is 2.59. The highest BCUT2D eigenvalue weighted by atomic mass is 16.3. The highest BCUT2D eigenvalue weighted by Gasteiger charge is 2.16. The molecule has 0 saturated carbocycles. The lowest BCUT2D eigenvalue weighted by Gasteiger charge is -2.13. The second-order valence-corrected chi connectivity index (χ2v) is 3.07. The summed E-state index contributed by atoms with van der Waals surface area (Å²) in [5.41, 5.74) is 11.7. The molecule has 0 radical (unpaired) electrons. The number of nitrogen functional groups attached to an aromatic ring is 2. The Hall–Kier alpha value is -2.08. The van der Waals surface area contributed by atoms with Crippen LogP contribution in [0.4, 0.5) is 11.9 Å². The minimum absolute atomic E-state index is 0.0869. The molecule has 0 fully saturated rings. The number of aliphatic hydroxyl groups excluding tert-OH is 1. The van der Waals surface area contributed by atoms with Gasteiger partial charge >= 0.3 is 0 Å². The first kappa shape index (κ1) is 9.47. The Balaban J connectivity index is 2.41. The zero-order valence-corrected chi connectivity index (χ0v) is 7.91. The van der Waals surface area contributed by atoms with Gasteiger partial charge in [-0.3, -0.25) is 0 Å². The molecule has 15 heavy (non-hydrogen) atoms. The molecule has 0 spiro atoms. The number of rotatable bonds is 2. The number of anilines is 2. The van der Waals surface area contributed by atoms with Gasteiger partial charge in [0.15, 0.2) is 6.23 Å². The molecular weight excluding hydrogens is 194 g/mol. The van der Waals surface area contributed by atoms with E-state index in [0.29, 0.717) is 5.56 Å². The fourth-order valence-electron chi connectivity index (χ4n) is 1.34. The summed E-state index contributed by atoms with van der Waals surface area (Å²) in [6, 6.07) is 9.02. The molecule has 0 amide bonds. The molecule has 5 N–H and O–H groups in total. The van der Waals surface area contributed by atoms with Crippen molar-refractivity contribution < 1.29 is 5.11 Å². The Kier molecular flexibility index (Phi) is 2.26. The maximum atomic E-state index is 9.97. The summed E-state index contributed by atoms with van der Waals surface area (Å²) in [7, 11) is 0. The second kappa shape index (κ2) is 3.58. The smallest absolute Gasteiger partial charge is 0.225 e. The number of nitrogens with two attached hydrogens (primary N) is 2. The maximum absolute atomic E-state index is 9.97. The van der Waals surface area contributed by atoms with Crippen molar-refractivity contribution in [1.29, 1.82) is 0 Å². The van der Waals surface area contributed by atoms with E-state index < -0.39 is 6.23 Å². The Morgan fingerprint density at radius 3 is 2.13 bits per heavy atom. The molecule has 1 atom stereocenters. The zero-order valence-electron chi connectivity index (χ0n) is 7.91. The Bertz CT molecular complexity index is 433. The standard InChI is InChI=1S/C9H11N5O/c10-8-12-13-9(11)14(8)7(15)6-4-2-1-3-5-6/h1-5,7,15H,(H2,10,12)(H2,11,13)/t7-/m0/s1. The lowest BCUT2D eigenvalue weighted by molar-refractivity contribution is 0.150. The molecule has 1 heterocycles. The van der Waals surface area contributed by atoms with E-state index in [1.54, 1.807) is 12.1 Å². The van der Waals surface area contributed by atoms with Gasteiger partial charge in [0.25, 0.3) is 0 Å². The van der Waals surface area contributed by atoms with Crippen LogP contribution in [0, 0.1) is 0 Å². The first-order chi connectivity index (χ1) is 7.20. The molecule has 2 rings (SSSR count). The highest BCUT2D eigenvalue weighted by Crippen LogP contribution is 2.20. The maximum Gasteiger partial charge on any atom is 0.225 e. The fourth-order valence-corrected chi connectivity index (χ4v) is 1.34. The Labute approximate surface area is 86.2 Å². The van der Waals surface area contributed by atoms with Crippen LogP contribution in [0.1, 0.15) is 11.8 Å². The zero-order chi connectivity index (χ0) is 10.8. The summed E-state index contributed by atoms with van der Waals surface area (Å²) in [5.74, 6) is 0.174. The van der Waals surface area contributed by atoms with Crippen molar-refractivity contribution in [2.75, 3.05) is 11.5 Å². The van der Waals surface area contributed by atoms with Crippen LogP contribution in [0.25, 0.3) is 0 Å².